The van der Waals surface area contributed by atoms with Crippen molar-refractivity contribution in [3.05, 3.63) is 30.3 Å². The number of carbonyl (C=O) groups is 1. The van der Waals surface area contributed by atoms with E-state index in [1.165, 1.54) is 0 Å². The molecule has 1 aromatic rings. The first-order valence-corrected chi connectivity index (χ1v) is 9.17. The van der Waals surface area contributed by atoms with Gasteiger partial charge in [0.2, 0.25) is 0 Å². The first-order valence-electron chi connectivity index (χ1n) is 9.17. The average molecular weight is 352 g/mol. The van der Waals surface area contributed by atoms with Crippen LogP contribution in [0.3, 0.4) is 0 Å². The minimum Gasteiger partial charge on any atom is -0.427 e. The predicted molar refractivity (Wildman–Crippen MR) is 97.6 cm³/mol. The third kappa shape index (κ3) is 10.9. The third-order valence-corrected chi connectivity index (χ3v) is 3.92. The van der Waals surface area contributed by atoms with Gasteiger partial charge in [-0.1, -0.05) is 31.5 Å². The van der Waals surface area contributed by atoms with Crippen LogP contribution in [0.5, 0.6) is 5.75 Å². The van der Waals surface area contributed by atoms with Gasteiger partial charge in [0, 0.05) is 13.5 Å². The maximum Gasteiger partial charge on any atom is 0.311 e. The van der Waals surface area contributed by atoms with Gasteiger partial charge in [0.05, 0.1) is 19.3 Å². The number of hydrogen-bond acceptors (Lipinski definition) is 5. The SMILES string of the molecule is CCC(C)OCCOC(CCCCCC(=O)Oc1ccccc1)OC. The van der Waals surface area contributed by atoms with E-state index in [4.69, 9.17) is 18.9 Å². The Morgan fingerprint density at radius 2 is 1.76 bits per heavy atom. The number of para-hydroxylation sites is 1. The van der Waals surface area contributed by atoms with E-state index in [0.717, 1.165) is 32.1 Å². The van der Waals surface area contributed by atoms with Crippen molar-refractivity contribution < 1.29 is 23.7 Å². The van der Waals surface area contributed by atoms with Gasteiger partial charge in [0.15, 0.2) is 6.29 Å². The molecule has 0 radical (unpaired) electrons. The molecule has 0 heterocycles. The van der Waals surface area contributed by atoms with Gasteiger partial charge >= 0.3 is 5.97 Å². The van der Waals surface area contributed by atoms with Crippen LogP contribution in [-0.2, 0) is 19.0 Å². The van der Waals surface area contributed by atoms with Crippen LogP contribution in [0, 0.1) is 0 Å². The Kier molecular flexibility index (Phi) is 11.9. The van der Waals surface area contributed by atoms with Gasteiger partial charge in [0.1, 0.15) is 5.75 Å². The molecule has 5 heteroatoms. The average Bonchev–Trinajstić information content (AvgIpc) is 2.63. The largest absolute Gasteiger partial charge is 0.427 e. The van der Waals surface area contributed by atoms with E-state index in [1.807, 2.05) is 18.2 Å². The highest BCUT2D eigenvalue weighted by atomic mass is 16.7. The molecule has 0 spiro atoms. The molecular weight excluding hydrogens is 320 g/mol. The Morgan fingerprint density at radius 3 is 2.44 bits per heavy atom. The highest BCUT2D eigenvalue weighted by Gasteiger charge is 2.09. The molecule has 0 aliphatic rings. The van der Waals surface area contributed by atoms with Gasteiger partial charge in [-0.05, 0) is 44.7 Å². The van der Waals surface area contributed by atoms with Gasteiger partial charge in [-0.15, -0.1) is 0 Å². The summed E-state index contributed by atoms with van der Waals surface area (Å²) in [7, 11) is 1.65. The molecule has 2 unspecified atom stereocenters. The molecule has 0 amide bonds. The predicted octanol–water partition coefficient (Wildman–Crippen LogP) is 4.35. The standard InChI is InChI=1S/C20H32O5/c1-4-17(2)23-15-16-24-20(22-3)14-10-6-9-13-19(21)25-18-11-7-5-8-12-18/h5,7-8,11-12,17,20H,4,6,9-10,13-16H2,1-3H3. The van der Waals surface area contributed by atoms with Crippen molar-refractivity contribution in [1.82, 2.24) is 0 Å². The normalized spacial score (nSPS) is 13.4. The summed E-state index contributed by atoms with van der Waals surface area (Å²) >= 11 is 0. The van der Waals surface area contributed by atoms with Crippen molar-refractivity contribution in [3.63, 3.8) is 0 Å². The minimum absolute atomic E-state index is 0.187. The van der Waals surface area contributed by atoms with Crippen molar-refractivity contribution in [2.75, 3.05) is 20.3 Å². The molecule has 0 aromatic heterocycles. The zero-order valence-electron chi connectivity index (χ0n) is 15.7. The monoisotopic (exact) mass is 352 g/mol. The fraction of sp³-hybridized carbons (Fsp3) is 0.650. The van der Waals surface area contributed by atoms with Crippen LogP contribution in [0.4, 0.5) is 0 Å². The van der Waals surface area contributed by atoms with Crippen LogP contribution in [0.2, 0.25) is 0 Å². The fourth-order valence-electron chi connectivity index (χ4n) is 2.24. The highest BCUT2D eigenvalue weighted by molar-refractivity contribution is 5.72. The molecule has 1 aromatic carbocycles. The zero-order chi connectivity index (χ0) is 18.3. The summed E-state index contributed by atoms with van der Waals surface area (Å²) in [5, 5.41) is 0. The Morgan fingerprint density at radius 1 is 1.04 bits per heavy atom. The van der Waals surface area contributed by atoms with Gasteiger partial charge in [-0.25, -0.2) is 0 Å². The molecule has 142 valence electrons. The Balaban J connectivity index is 2.03. The Hall–Kier alpha value is -1.43. The van der Waals surface area contributed by atoms with Crippen molar-refractivity contribution in [3.8, 4) is 5.75 Å². The number of unbranched alkanes of at least 4 members (excludes halogenated alkanes) is 2. The Bertz CT molecular complexity index is 449. The van der Waals surface area contributed by atoms with Crippen LogP contribution in [0.1, 0.15) is 52.4 Å². The molecule has 0 bridgehead atoms. The quantitative estimate of drug-likeness (QED) is 0.216. The Labute approximate surface area is 151 Å². The van der Waals surface area contributed by atoms with Crippen LogP contribution >= 0.6 is 0 Å². The minimum atomic E-state index is -0.211. The summed E-state index contributed by atoms with van der Waals surface area (Å²) in [6, 6.07) is 9.15. The molecule has 0 N–H and O–H groups in total. The second-order valence-corrected chi connectivity index (χ2v) is 6.01. The van der Waals surface area contributed by atoms with E-state index in [2.05, 4.69) is 13.8 Å². The molecule has 2 atom stereocenters. The summed E-state index contributed by atoms with van der Waals surface area (Å²) in [6.45, 7) is 5.27. The lowest BCUT2D eigenvalue weighted by Crippen LogP contribution is -2.20. The summed E-state index contributed by atoms with van der Waals surface area (Å²) in [6.07, 6.45) is 4.99. The molecule has 5 nitrogen and oxygen atoms in total. The lowest BCUT2D eigenvalue weighted by molar-refractivity contribution is -0.141. The highest BCUT2D eigenvalue weighted by Crippen LogP contribution is 2.12. The summed E-state index contributed by atoms with van der Waals surface area (Å²) in [5.41, 5.74) is 0. The number of benzene rings is 1. The zero-order valence-corrected chi connectivity index (χ0v) is 15.7. The molecule has 1 rings (SSSR count). The van der Waals surface area contributed by atoms with Crippen LogP contribution in [0.25, 0.3) is 0 Å². The first-order chi connectivity index (χ1) is 12.2. The van der Waals surface area contributed by atoms with Crippen molar-refractivity contribution in [1.29, 1.82) is 0 Å². The van der Waals surface area contributed by atoms with Crippen LogP contribution in [-0.4, -0.2) is 38.7 Å². The molecule has 0 saturated carbocycles. The van der Waals surface area contributed by atoms with Crippen molar-refractivity contribution in [2.24, 2.45) is 0 Å². The molecule has 25 heavy (non-hydrogen) atoms. The third-order valence-electron chi connectivity index (χ3n) is 3.92. The number of hydrogen-bond donors (Lipinski definition) is 0. The van der Waals surface area contributed by atoms with E-state index in [-0.39, 0.29) is 18.4 Å². The number of methoxy groups -OCH3 is 1. The van der Waals surface area contributed by atoms with E-state index < -0.39 is 0 Å². The van der Waals surface area contributed by atoms with Gasteiger partial charge < -0.3 is 18.9 Å². The number of ether oxygens (including phenoxy) is 4. The summed E-state index contributed by atoms with van der Waals surface area (Å²) < 4.78 is 21.8. The molecule has 0 aliphatic heterocycles. The van der Waals surface area contributed by atoms with E-state index in [1.54, 1.807) is 19.2 Å². The smallest absolute Gasteiger partial charge is 0.311 e. The second-order valence-electron chi connectivity index (χ2n) is 6.01. The van der Waals surface area contributed by atoms with Crippen molar-refractivity contribution >= 4 is 5.97 Å². The fourth-order valence-corrected chi connectivity index (χ4v) is 2.24. The summed E-state index contributed by atoms with van der Waals surface area (Å²) in [4.78, 5) is 11.7. The van der Waals surface area contributed by atoms with Crippen LogP contribution < -0.4 is 4.74 Å². The lowest BCUT2D eigenvalue weighted by Gasteiger charge is -2.17. The van der Waals surface area contributed by atoms with Gasteiger partial charge in [-0.2, -0.15) is 0 Å². The molecule has 0 fully saturated rings. The number of rotatable bonds is 14. The number of esters is 1. The maximum atomic E-state index is 11.7. The second kappa shape index (κ2) is 13.8. The van der Waals surface area contributed by atoms with E-state index >= 15 is 0 Å². The number of carbonyl (C=O) groups excluding carboxylic acids is 1. The van der Waals surface area contributed by atoms with Crippen LogP contribution in [0.15, 0.2) is 30.3 Å². The van der Waals surface area contributed by atoms with E-state index in [9.17, 15) is 4.79 Å². The van der Waals surface area contributed by atoms with E-state index in [0.29, 0.717) is 25.4 Å². The molecule has 0 aliphatic carbocycles. The lowest BCUT2D eigenvalue weighted by atomic mass is 10.1. The maximum absolute atomic E-state index is 11.7. The van der Waals surface area contributed by atoms with Crippen molar-refractivity contribution in [2.45, 2.75) is 64.8 Å². The topological polar surface area (TPSA) is 54.0 Å². The van der Waals surface area contributed by atoms with Gasteiger partial charge in [0.25, 0.3) is 0 Å². The summed E-state index contributed by atoms with van der Waals surface area (Å²) in [5.74, 6) is 0.410. The molecule has 0 saturated heterocycles. The van der Waals surface area contributed by atoms with Gasteiger partial charge in [-0.3, -0.25) is 4.79 Å². The molecular formula is C20H32O5. The first kappa shape index (κ1) is 21.6.